The highest BCUT2D eigenvalue weighted by molar-refractivity contribution is 5.74. The fourth-order valence-electron chi connectivity index (χ4n) is 2.23. The standard InChI is InChI=1S/C11H17N5O/c12-9-6-14-7-15-11(9)16-3-1-8(2-4-16)5-10(13)17/h6-8H,1-5,12H2,(H2,13,17). The third-order valence-electron chi connectivity index (χ3n) is 3.12. The molecule has 0 bridgehead atoms. The van der Waals surface area contributed by atoms with Gasteiger partial charge < -0.3 is 16.4 Å². The van der Waals surface area contributed by atoms with Crippen LogP contribution in [0, 0.1) is 5.92 Å². The molecule has 6 heteroatoms. The van der Waals surface area contributed by atoms with Crippen LogP contribution in [0.1, 0.15) is 19.3 Å². The first-order valence-corrected chi connectivity index (χ1v) is 5.75. The second-order valence-corrected chi connectivity index (χ2v) is 4.40. The van der Waals surface area contributed by atoms with Crippen LogP contribution in [0.2, 0.25) is 0 Å². The summed E-state index contributed by atoms with van der Waals surface area (Å²) in [4.78, 5) is 21.0. The SMILES string of the molecule is NC(=O)CC1CCN(c2ncncc2N)CC1. The lowest BCUT2D eigenvalue weighted by molar-refractivity contribution is -0.119. The summed E-state index contributed by atoms with van der Waals surface area (Å²) < 4.78 is 0. The lowest BCUT2D eigenvalue weighted by atomic mass is 9.93. The molecule has 0 atom stereocenters. The highest BCUT2D eigenvalue weighted by Gasteiger charge is 2.22. The normalized spacial score (nSPS) is 17.1. The van der Waals surface area contributed by atoms with Gasteiger partial charge in [0.1, 0.15) is 6.33 Å². The predicted molar refractivity (Wildman–Crippen MR) is 65.2 cm³/mol. The molecule has 6 nitrogen and oxygen atoms in total. The number of anilines is 2. The van der Waals surface area contributed by atoms with Crippen LogP contribution in [0.15, 0.2) is 12.5 Å². The topological polar surface area (TPSA) is 98.1 Å². The zero-order valence-corrected chi connectivity index (χ0v) is 9.67. The maximum absolute atomic E-state index is 10.8. The van der Waals surface area contributed by atoms with E-state index in [1.807, 2.05) is 0 Å². The molecule has 0 aliphatic carbocycles. The van der Waals surface area contributed by atoms with Crippen molar-refractivity contribution in [1.82, 2.24) is 9.97 Å². The zero-order chi connectivity index (χ0) is 12.3. The van der Waals surface area contributed by atoms with Crippen LogP contribution in [0.5, 0.6) is 0 Å². The number of piperidine rings is 1. The number of carbonyl (C=O) groups excluding carboxylic acids is 1. The van der Waals surface area contributed by atoms with E-state index in [0.29, 0.717) is 18.0 Å². The summed E-state index contributed by atoms with van der Waals surface area (Å²) in [7, 11) is 0. The first-order valence-electron chi connectivity index (χ1n) is 5.75. The summed E-state index contributed by atoms with van der Waals surface area (Å²) in [6.07, 6.45) is 5.49. The summed E-state index contributed by atoms with van der Waals surface area (Å²) >= 11 is 0. The average molecular weight is 235 g/mol. The fourth-order valence-corrected chi connectivity index (χ4v) is 2.23. The van der Waals surface area contributed by atoms with Crippen LogP contribution < -0.4 is 16.4 Å². The maximum Gasteiger partial charge on any atom is 0.217 e. The lowest BCUT2D eigenvalue weighted by Crippen LogP contribution is -2.36. The highest BCUT2D eigenvalue weighted by Crippen LogP contribution is 2.26. The molecule has 1 aliphatic heterocycles. The molecular formula is C11H17N5O. The molecule has 17 heavy (non-hydrogen) atoms. The molecule has 92 valence electrons. The van der Waals surface area contributed by atoms with Gasteiger partial charge in [0, 0.05) is 19.5 Å². The Labute approximate surface area is 100 Å². The van der Waals surface area contributed by atoms with Crippen molar-refractivity contribution < 1.29 is 4.79 Å². The molecule has 0 aromatic carbocycles. The van der Waals surface area contributed by atoms with E-state index in [0.717, 1.165) is 31.7 Å². The molecule has 4 N–H and O–H groups in total. The minimum Gasteiger partial charge on any atom is -0.394 e. The van der Waals surface area contributed by atoms with Gasteiger partial charge in [0.25, 0.3) is 0 Å². The molecule has 1 amide bonds. The van der Waals surface area contributed by atoms with Crippen molar-refractivity contribution in [3.05, 3.63) is 12.5 Å². The molecule has 2 heterocycles. The van der Waals surface area contributed by atoms with Crippen molar-refractivity contribution in [1.29, 1.82) is 0 Å². The van der Waals surface area contributed by atoms with Crippen LogP contribution in [-0.4, -0.2) is 29.0 Å². The summed E-state index contributed by atoms with van der Waals surface area (Å²) in [5, 5.41) is 0. The molecule has 1 aliphatic rings. The molecule has 0 unspecified atom stereocenters. The van der Waals surface area contributed by atoms with Gasteiger partial charge in [-0.05, 0) is 18.8 Å². The summed E-state index contributed by atoms with van der Waals surface area (Å²) in [5.41, 5.74) is 11.6. The second-order valence-electron chi connectivity index (χ2n) is 4.40. The number of carbonyl (C=O) groups is 1. The zero-order valence-electron chi connectivity index (χ0n) is 9.67. The Hall–Kier alpha value is -1.85. The van der Waals surface area contributed by atoms with Crippen molar-refractivity contribution in [2.24, 2.45) is 11.7 Å². The number of amides is 1. The third kappa shape index (κ3) is 2.83. The van der Waals surface area contributed by atoms with Crippen molar-refractivity contribution >= 4 is 17.4 Å². The predicted octanol–water partition coefficient (Wildman–Crippen LogP) is 0.151. The van der Waals surface area contributed by atoms with E-state index in [2.05, 4.69) is 14.9 Å². The van der Waals surface area contributed by atoms with Gasteiger partial charge >= 0.3 is 0 Å². The first kappa shape index (κ1) is 11.6. The van der Waals surface area contributed by atoms with Crippen molar-refractivity contribution in [2.75, 3.05) is 23.7 Å². The largest absolute Gasteiger partial charge is 0.394 e. The second kappa shape index (κ2) is 4.99. The number of rotatable bonds is 3. The Morgan fingerprint density at radius 2 is 2.18 bits per heavy atom. The third-order valence-corrected chi connectivity index (χ3v) is 3.12. The lowest BCUT2D eigenvalue weighted by Gasteiger charge is -2.32. The molecule has 0 saturated carbocycles. The minimum atomic E-state index is -0.218. The van der Waals surface area contributed by atoms with E-state index in [-0.39, 0.29) is 5.91 Å². The van der Waals surface area contributed by atoms with Gasteiger partial charge in [0.15, 0.2) is 5.82 Å². The van der Waals surface area contributed by atoms with E-state index in [4.69, 9.17) is 11.5 Å². The van der Waals surface area contributed by atoms with Gasteiger partial charge in [-0.2, -0.15) is 0 Å². The number of nitrogens with zero attached hydrogens (tertiary/aromatic N) is 3. The van der Waals surface area contributed by atoms with E-state index in [1.165, 1.54) is 6.33 Å². The van der Waals surface area contributed by atoms with Gasteiger partial charge in [-0.3, -0.25) is 4.79 Å². The van der Waals surface area contributed by atoms with Crippen LogP contribution in [0.3, 0.4) is 0 Å². The van der Waals surface area contributed by atoms with Crippen molar-refractivity contribution in [3.63, 3.8) is 0 Å². The Bertz CT molecular complexity index is 401. The van der Waals surface area contributed by atoms with Crippen LogP contribution in [0.25, 0.3) is 0 Å². The monoisotopic (exact) mass is 235 g/mol. The molecule has 0 spiro atoms. The minimum absolute atomic E-state index is 0.218. The summed E-state index contributed by atoms with van der Waals surface area (Å²) in [6.45, 7) is 1.72. The molecular weight excluding hydrogens is 218 g/mol. The van der Waals surface area contributed by atoms with Gasteiger partial charge in [0.05, 0.1) is 11.9 Å². The molecule has 1 saturated heterocycles. The van der Waals surface area contributed by atoms with Crippen LogP contribution in [0.4, 0.5) is 11.5 Å². The van der Waals surface area contributed by atoms with Crippen molar-refractivity contribution in [2.45, 2.75) is 19.3 Å². The molecule has 1 fully saturated rings. The Kier molecular flexibility index (Phi) is 3.41. The van der Waals surface area contributed by atoms with E-state index < -0.39 is 0 Å². The number of nitrogen functional groups attached to an aromatic ring is 1. The smallest absolute Gasteiger partial charge is 0.217 e. The number of nitrogens with two attached hydrogens (primary N) is 2. The summed E-state index contributed by atoms with van der Waals surface area (Å²) in [5.74, 6) is 0.967. The fraction of sp³-hybridized carbons (Fsp3) is 0.545. The quantitative estimate of drug-likeness (QED) is 0.777. The maximum atomic E-state index is 10.8. The van der Waals surface area contributed by atoms with Crippen LogP contribution in [-0.2, 0) is 4.79 Å². The Morgan fingerprint density at radius 3 is 2.76 bits per heavy atom. The van der Waals surface area contributed by atoms with Crippen LogP contribution >= 0.6 is 0 Å². The average Bonchev–Trinajstić information content (AvgIpc) is 2.30. The number of hydrogen-bond acceptors (Lipinski definition) is 5. The van der Waals surface area contributed by atoms with Crippen molar-refractivity contribution in [3.8, 4) is 0 Å². The molecule has 2 rings (SSSR count). The first-order chi connectivity index (χ1) is 8.16. The number of aromatic nitrogens is 2. The van der Waals surface area contributed by atoms with E-state index in [1.54, 1.807) is 6.20 Å². The highest BCUT2D eigenvalue weighted by atomic mass is 16.1. The van der Waals surface area contributed by atoms with E-state index >= 15 is 0 Å². The molecule has 1 aromatic heterocycles. The van der Waals surface area contributed by atoms with Gasteiger partial charge in [-0.15, -0.1) is 0 Å². The number of primary amides is 1. The molecule has 1 aromatic rings. The van der Waals surface area contributed by atoms with E-state index in [9.17, 15) is 4.79 Å². The van der Waals surface area contributed by atoms with Gasteiger partial charge in [-0.1, -0.05) is 0 Å². The molecule has 0 radical (unpaired) electrons. The summed E-state index contributed by atoms with van der Waals surface area (Å²) in [6, 6.07) is 0. The number of hydrogen-bond donors (Lipinski definition) is 2. The Balaban J connectivity index is 1.95. The Morgan fingerprint density at radius 1 is 1.47 bits per heavy atom. The van der Waals surface area contributed by atoms with Gasteiger partial charge in [-0.25, -0.2) is 9.97 Å². The van der Waals surface area contributed by atoms with Gasteiger partial charge in [0.2, 0.25) is 5.91 Å².